The first-order valence-corrected chi connectivity index (χ1v) is 5.64. The number of nitriles is 1. The third kappa shape index (κ3) is 2.05. The van der Waals surface area contributed by atoms with E-state index >= 15 is 0 Å². The fourth-order valence-electron chi connectivity index (χ4n) is 1.61. The second-order valence-electron chi connectivity index (χ2n) is 5.24. The number of hydrogen-bond acceptors (Lipinski definition) is 3. The van der Waals surface area contributed by atoms with E-state index in [1.807, 2.05) is 0 Å². The summed E-state index contributed by atoms with van der Waals surface area (Å²) < 4.78 is 58.8. The zero-order valence-electron chi connectivity index (χ0n) is 16.8. The molecule has 1 fully saturated rings. The first-order chi connectivity index (χ1) is 10.7. The van der Waals surface area contributed by atoms with Gasteiger partial charge in [-0.1, -0.05) is 11.6 Å². The highest BCUT2D eigenvalue weighted by Gasteiger charge is 2.51. The lowest BCUT2D eigenvalue weighted by Gasteiger charge is -2.32. The van der Waals surface area contributed by atoms with E-state index in [1.54, 1.807) is 33.8 Å². The maximum atomic E-state index is 9.12. The van der Waals surface area contributed by atoms with E-state index in [0.717, 1.165) is 0 Å². The van der Waals surface area contributed by atoms with Gasteiger partial charge in [-0.05, 0) is 52.1 Å². The van der Waals surface area contributed by atoms with E-state index in [4.69, 9.17) is 22.8 Å². The number of nitrogens with zero attached hydrogens (tertiary/aromatic N) is 1. The van der Waals surface area contributed by atoms with Gasteiger partial charge in [0.15, 0.2) is 0 Å². The van der Waals surface area contributed by atoms with E-state index in [1.165, 1.54) is 0 Å². The Bertz CT molecular complexity index is 722. The van der Waals surface area contributed by atoms with Gasteiger partial charge in [0.2, 0.25) is 0 Å². The molecule has 0 bridgehead atoms. The summed E-state index contributed by atoms with van der Waals surface area (Å²) in [6.07, 6.45) is 0. The Morgan fingerprint density at radius 3 is 2.39 bits per heavy atom. The minimum Gasteiger partial charge on any atom is -0.399 e. The van der Waals surface area contributed by atoms with Crippen LogP contribution < -0.4 is 5.46 Å². The topological polar surface area (TPSA) is 42.2 Å². The summed E-state index contributed by atoms with van der Waals surface area (Å²) in [5.41, 5.74) is -2.63. The lowest BCUT2D eigenvalue weighted by molar-refractivity contribution is 0.00578. The Kier molecular flexibility index (Phi) is 1.67. The van der Waals surface area contributed by atoms with Gasteiger partial charge in [-0.3, -0.25) is 0 Å². The molecule has 18 heavy (non-hydrogen) atoms. The number of benzene rings is 1. The van der Waals surface area contributed by atoms with Crippen LogP contribution in [0.25, 0.3) is 0 Å². The second kappa shape index (κ2) is 4.12. The molecule has 1 aliphatic rings. The highest BCUT2D eigenvalue weighted by Crippen LogP contribution is 2.36. The monoisotopic (exact) mass is 249 g/mol. The van der Waals surface area contributed by atoms with E-state index in [9.17, 15) is 0 Å². The van der Waals surface area contributed by atoms with Gasteiger partial charge in [-0.15, -0.1) is 0 Å². The molecular weight excluding hydrogens is 225 g/mol. The molecule has 0 spiro atoms. The fraction of sp³-hybridized carbons (Fsp3) is 0.500. The van der Waals surface area contributed by atoms with Gasteiger partial charge in [0.25, 0.3) is 0 Å². The third-order valence-corrected chi connectivity index (χ3v) is 3.44. The van der Waals surface area contributed by atoms with Crippen molar-refractivity contribution in [2.45, 2.75) is 45.7 Å². The average molecular weight is 249 g/mol. The van der Waals surface area contributed by atoms with Crippen LogP contribution in [0, 0.1) is 18.2 Å². The fourth-order valence-corrected chi connectivity index (χ4v) is 1.61. The zero-order chi connectivity index (χ0) is 18.7. The molecule has 1 aliphatic heterocycles. The number of hydrogen-bond donors (Lipinski definition) is 0. The molecule has 2 rings (SSSR count). The van der Waals surface area contributed by atoms with Crippen molar-refractivity contribution in [3.8, 4) is 6.07 Å². The smallest absolute Gasteiger partial charge is 0.399 e. The molecule has 1 heterocycles. The lowest BCUT2D eigenvalue weighted by atomic mass is 9.76. The van der Waals surface area contributed by atoms with Crippen LogP contribution >= 0.6 is 0 Å². The van der Waals surface area contributed by atoms with Crippen LogP contribution in [0.15, 0.2) is 18.1 Å². The summed E-state index contributed by atoms with van der Waals surface area (Å²) >= 11 is 0. The van der Waals surface area contributed by atoms with Crippen molar-refractivity contribution in [2.24, 2.45) is 0 Å². The molecule has 3 nitrogen and oxygen atoms in total. The third-order valence-electron chi connectivity index (χ3n) is 3.44. The molecule has 0 aromatic heterocycles. The maximum absolute atomic E-state index is 9.12. The van der Waals surface area contributed by atoms with Crippen LogP contribution in [0.3, 0.4) is 0 Å². The quantitative estimate of drug-likeness (QED) is 0.716. The van der Waals surface area contributed by atoms with Crippen molar-refractivity contribution >= 4 is 12.6 Å². The van der Waals surface area contributed by atoms with Crippen LogP contribution in [0.5, 0.6) is 0 Å². The highest BCUT2D eigenvalue weighted by molar-refractivity contribution is 6.62. The molecule has 0 aliphatic carbocycles. The van der Waals surface area contributed by atoms with Crippen LogP contribution in [0.4, 0.5) is 0 Å². The van der Waals surface area contributed by atoms with Crippen LogP contribution in [-0.2, 0) is 9.31 Å². The van der Waals surface area contributed by atoms with Gasteiger partial charge in [0.05, 0.1) is 26.9 Å². The predicted molar refractivity (Wildman–Crippen MR) is 71.6 cm³/mol. The van der Waals surface area contributed by atoms with Gasteiger partial charge >= 0.3 is 7.12 Å². The van der Waals surface area contributed by atoms with Crippen molar-refractivity contribution in [2.75, 3.05) is 0 Å². The predicted octanol–water partition coefficient (Wildman–Crippen LogP) is 2.17. The Balaban J connectivity index is 2.79. The van der Waals surface area contributed by atoms with Crippen LogP contribution in [0.1, 0.15) is 47.0 Å². The van der Waals surface area contributed by atoms with Crippen LogP contribution in [0.2, 0.25) is 0 Å². The highest BCUT2D eigenvalue weighted by atomic mass is 16.7. The van der Waals surface area contributed by atoms with Gasteiger partial charge in [-0.25, -0.2) is 0 Å². The summed E-state index contributed by atoms with van der Waals surface area (Å²) in [6.45, 7) is 4.36. The van der Waals surface area contributed by atoms with Crippen molar-refractivity contribution in [3.63, 3.8) is 0 Å². The molecule has 0 atom stereocenters. The molecule has 0 saturated carbocycles. The lowest BCUT2D eigenvalue weighted by Crippen LogP contribution is -2.41. The Morgan fingerprint density at radius 2 is 1.89 bits per heavy atom. The summed E-state index contributed by atoms with van der Waals surface area (Å²) in [5.74, 6) is 0. The molecule has 0 amide bonds. The maximum Gasteiger partial charge on any atom is 0.495 e. The first-order valence-electron chi connectivity index (χ1n) is 8.64. The van der Waals surface area contributed by atoms with Crippen molar-refractivity contribution in [1.82, 2.24) is 0 Å². The van der Waals surface area contributed by atoms with Crippen molar-refractivity contribution in [3.05, 3.63) is 29.3 Å². The van der Waals surface area contributed by atoms with E-state index in [0.29, 0.717) is 0 Å². The SMILES string of the molecule is [2H]c1c([2H])c(B2OC(C)(C)C(C)(C)O2)c(C([2H])([2H])[2H])c([2H])c1C#N. The van der Waals surface area contributed by atoms with Gasteiger partial charge in [0.1, 0.15) is 0 Å². The van der Waals surface area contributed by atoms with E-state index < -0.39 is 54.4 Å². The Hall–Kier alpha value is -1.31. The van der Waals surface area contributed by atoms with E-state index in [-0.39, 0.29) is 5.46 Å². The summed E-state index contributed by atoms with van der Waals surface area (Å²) in [6, 6.07) is 0.0948. The molecule has 4 heteroatoms. The van der Waals surface area contributed by atoms with Crippen molar-refractivity contribution < 1.29 is 17.5 Å². The number of rotatable bonds is 1. The first kappa shape index (κ1) is 7.32. The Labute approximate surface area is 117 Å². The molecule has 1 saturated heterocycles. The molecule has 94 valence electrons. The van der Waals surface area contributed by atoms with E-state index in [2.05, 4.69) is 0 Å². The minimum absolute atomic E-state index is 0.178. The zero-order valence-corrected chi connectivity index (χ0v) is 10.8. The molecule has 0 radical (unpaired) electrons. The largest absolute Gasteiger partial charge is 0.495 e. The molecule has 0 N–H and O–H groups in total. The van der Waals surface area contributed by atoms with Gasteiger partial charge in [-0.2, -0.15) is 5.26 Å². The summed E-state index contributed by atoms with van der Waals surface area (Å²) in [4.78, 5) is 0. The summed E-state index contributed by atoms with van der Waals surface area (Å²) in [5, 5.41) is 9.12. The second-order valence-corrected chi connectivity index (χ2v) is 5.24. The van der Waals surface area contributed by atoms with Gasteiger partial charge in [0, 0.05) is 4.11 Å². The van der Waals surface area contributed by atoms with Crippen LogP contribution in [-0.4, -0.2) is 18.3 Å². The van der Waals surface area contributed by atoms with Crippen molar-refractivity contribution in [1.29, 1.82) is 5.26 Å². The molecule has 0 unspecified atom stereocenters. The summed E-state index contributed by atoms with van der Waals surface area (Å²) in [7, 11) is -1.20. The van der Waals surface area contributed by atoms with Gasteiger partial charge < -0.3 is 9.31 Å². The normalized spacial score (nSPS) is 26.3. The molecule has 1 aromatic rings. The molecular formula is C14H18BNO2. The Morgan fingerprint density at radius 1 is 1.28 bits per heavy atom. The average Bonchev–Trinajstić information content (AvgIpc) is 2.61. The minimum atomic E-state index is -2.74. The molecule has 1 aromatic carbocycles. The standard InChI is InChI=1S/C14H18BNO2/c1-10-8-11(9-16)6-7-12(10)15-17-13(2,3)14(4,5)18-15/h6-8H,1-5H3/i1D3,6D,7D,8D.